The van der Waals surface area contributed by atoms with Crippen LogP contribution in [0, 0.1) is 0 Å². The summed E-state index contributed by atoms with van der Waals surface area (Å²) < 4.78 is 116. The highest BCUT2D eigenvalue weighted by atomic mass is 31.2. The molecule has 0 bridgehead atoms. The van der Waals surface area contributed by atoms with E-state index in [0.29, 0.717) is 0 Å². The number of ether oxygens (including phenoxy) is 4. The van der Waals surface area contributed by atoms with E-state index >= 15 is 0 Å². The van der Waals surface area contributed by atoms with E-state index in [1.165, 1.54) is 42.9 Å². The molecule has 4 saturated heterocycles. The lowest BCUT2D eigenvalue weighted by Crippen LogP contribution is -2.32. The number of nitrogen functional groups attached to an aromatic ring is 4. The molecule has 0 aromatic carbocycles. The Morgan fingerprint density at radius 3 is 1.00 bits per heavy atom. The van der Waals surface area contributed by atoms with Gasteiger partial charge in [-0.05, 0) is 24.3 Å². The number of nitrogens with zero attached hydrogens (tertiary/aromatic N) is 8. The number of phosphoric ester groups is 4. The molecule has 4 aliphatic heterocycles. The Labute approximate surface area is 430 Å². The van der Waals surface area contributed by atoms with Gasteiger partial charge in [0.1, 0.15) is 90.9 Å². The zero-order valence-electron chi connectivity index (χ0n) is 39.3. The van der Waals surface area contributed by atoms with Crippen molar-refractivity contribution in [1.82, 2.24) is 38.2 Å². The summed E-state index contributed by atoms with van der Waals surface area (Å²) in [5.41, 5.74) is 18.7. The molecule has 0 spiro atoms. The van der Waals surface area contributed by atoms with Crippen LogP contribution < -0.4 is 45.7 Å². The minimum absolute atomic E-state index is 0.0714. The SMILES string of the molecule is Nc1ccn([C@H]2C[C@H](OP(=O)(O)OC[C@H]3O[C@@H](n4ccc(N)nc4=O)C[C@@H]3OP(=O)(O)OC[C@H]3O[C@@H](n4ccc(N)nc4=O)C[C@@H]3OP(=O)(O)OC[C@H]3O[C@@H](n4ccc(N)nc4=O)C[C@@H]3O)[C@@H](COP(=O)(O)O)O2)c(=O)n1. The molecular weight excluding hydrogens is 1120 g/mol. The topological polar surface area (TPSA) is 535 Å². The van der Waals surface area contributed by atoms with Crippen molar-refractivity contribution in [2.24, 2.45) is 0 Å². The Morgan fingerprint density at radius 1 is 0.455 bits per heavy atom. The fourth-order valence-electron chi connectivity index (χ4n) is 8.29. The highest BCUT2D eigenvalue weighted by Crippen LogP contribution is 2.54. The third-order valence-electron chi connectivity index (χ3n) is 11.8. The molecule has 0 aliphatic carbocycles. The molecule has 0 saturated carbocycles. The minimum atomic E-state index is -5.42. The van der Waals surface area contributed by atoms with Crippen LogP contribution in [0.3, 0.4) is 0 Å². The fourth-order valence-corrected chi connectivity index (χ4v) is 11.5. The minimum Gasteiger partial charge on any atom is -0.390 e. The summed E-state index contributed by atoms with van der Waals surface area (Å²) in [5.74, 6) is -0.585. The van der Waals surface area contributed by atoms with Gasteiger partial charge >= 0.3 is 54.0 Å². The number of hydrogen-bond donors (Lipinski definition) is 10. The van der Waals surface area contributed by atoms with Crippen LogP contribution in [-0.2, 0) is 68.9 Å². The first-order chi connectivity index (χ1) is 36.1. The van der Waals surface area contributed by atoms with E-state index in [1.54, 1.807) is 0 Å². The Kier molecular flexibility index (Phi) is 17.6. The van der Waals surface area contributed by atoms with Crippen LogP contribution in [0.25, 0.3) is 0 Å². The van der Waals surface area contributed by atoms with E-state index in [4.69, 9.17) is 69.0 Å². The van der Waals surface area contributed by atoms with Gasteiger partial charge in [-0.3, -0.25) is 49.9 Å². The highest BCUT2D eigenvalue weighted by molar-refractivity contribution is 7.48. The highest BCUT2D eigenvalue weighted by Gasteiger charge is 2.48. The van der Waals surface area contributed by atoms with Crippen molar-refractivity contribution in [3.63, 3.8) is 0 Å². The molecule has 4 aromatic heterocycles. The number of rotatable bonds is 22. The van der Waals surface area contributed by atoms with Crippen LogP contribution in [0.1, 0.15) is 50.6 Å². The molecule has 41 heteroatoms. The molecular formula is C36H50N12O25P4. The van der Waals surface area contributed by atoms with Gasteiger partial charge < -0.3 is 71.5 Å². The molecule has 8 rings (SSSR count). The Bertz CT molecular complexity index is 3240. The van der Waals surface area contributed by atoms with Gasteiger partial charge in [-0.1, -0.05) is 0 Å². The number of aliphatic hydroxyl groups excluding tert-OH is 1. The number of phosphoric acid groups is 4. The summed E-state index contributed by atoms with van der Waals surface area (Å²) in [6.07, 6.45) is -14.1. The molecule has 4 fully saturated rings. The number of aliphatic hydroxyl groups is 1. The van der Waals surface area contributed by atoms with Crippen molar-refractivity contribution < 1.29 is 98.4 Å². The van der Waals surface area contributed by atoms with E-state index in [1.807, 2.05) is 0 Å². The molecule has 3 unspecified atom stereocenters. The first-order valence-corrected chi connectivity index (χ1v) is 28.5. The molecule has 37 nitrogen and oxygen atoms in total. The van der Waals surface area contributed by atoms with Gasteiger partial charge in [-0.25, -0.2) is 37.4 Å². The summed E-state index contributed by atoms with van der Waals surface area (Å²) in [7, 11) is -21.1. The van der Waals surface area contributed by atoms with E-state index in [9.17, 15) is 67.0 Å². The molecule has 15 atom stereocenters. The quantitative estimate of drug-likeness (QED) is 0.0363. The maximum absolute atomic E-state index is 13.8. The van der Waals surface area contributed by atoms with Crippen LogP contribution in [0.5, 0.6) is 0 Å². The molecule has 8 heterocycles. The molecule has 0 amide bonds. The maximum atomic E-state index is 13.8. The molecule has 424 valence electrons. The predicted octanol–water partition coefficient (Wildman–Crippen LogP) is -2.53. The summed E-state index contributed by atoms with van der Waals surface area (Å²) in [4.78, 5) is 117. The van der Waals surface area contributed by atoms with Crippen LogP contribution in [0.4, 0.5) is 23.3 Å². The van der Waals surface area contributed by atoms with Crippen molar-refractivity contribution in [2.75, 3.05) is 49.4 Å². The Hall–Kier alpha value is -5.04. The molecule has 0 radical (unpaired) electrons. The van der Waals surface area contributed by atoms with Gasteiger partial charge in [0.25, 0.3) is 0 Å². The molecule has 14 N–H and O–H groups in total. The van der Waals surface area contributed by atoms with E-state index < -0.39 is 173 Å². The molecule has 77 heavy (non-hydrogen) atoms. The van der Waals surface area contributed by atoms with Crippen molar-refractivity contribution in [2.45, 2.75) is 99.4 Å². The van der Waals surface area contributed by atoms with Crippen molar-refractivity contribution >= 4 is 54.6 Å². The average Bonchev–Trinajstić information content (AvgIpc) is 4.12. The van der Waals surface area contributed by atoms with Gasteiger partial charge in [-0.2, -0.15) is 19.9 Å². The lowest BCUT2D eigenvalue weighted by atomic mass is 10.2. The van der Waals surface area contributed by atoms with Gasteiger partial charge in [-0.15, -0.1) is 0 Å². The monoisotopic (exact) mass is 1170 g/mol. The van der Waals surface area contributed by atoms with Gasteiger partial charge in [0.05, 0.1) is 32.5 Å². The maximum Gasteiger partial charge on any atom is 0.472 e. The van der Waals surface area contributed by atoms with Gasteiger partial charge in [0.15, 0.2) is 0 Å². The third-order valence-corrected chi connectivity index (χ3v) is 15.3. The normalized spacial score (nSPS) is 30.0. The second kappa shape index (κ2) is 23.3. The number of nitrogens with two attached hydrogens (primary N) is 4. The van der Waals surface area contributed by atoms with Gasteiger partial charge in [0, 0.05) is 50.5 Å². The second-order valence-corrected chi connectivity index (χ2v) is 22.7. The summed E-state index contributed by atoms with van der Waals surface area (Å²) in [6.45, 7) is -3.72. The number of hydrogen-bond acceptors (Lipinski definition) is 28. The smallest absolute Gasteiger partial charge is 0.390 e. The van der Waals surface area contributed by atoms with Crippen molar-refractivity contribution in [3.05, 3.63) is 91.0 Å². The van der Waals surface area contributed by atoms with Crippen LogP contribution in [0.15, 0.2) is 68.2 Å². The van der Waals surface area contributed by atoms with E-state index in [-0.39, 0.29) is 29.7 Å². The first kappa shape index (κ1) is 58.1. The zero-order valence-corrected chi connectivity index (χ0v) is 42.9. The first-order valence-electron chi connectivity index (χ1n) is 22.5. The Morgan fingerprint density at radius 2 is 0.714 bits per heavy atom. The van der Waals surface area contributed by atoms with E-state index in [0.717, 1.165) is 24.5 Å². The fraction of sp³-hybridized carbons (Fsp3) is 0.556. The van der Waals surface area contributed by atoms with Gasteiger partial charge in [0.2, 0.25) is 0 Å². The number of anilines is 4. The lowest BCUT2D eigenvalue weighted by Gasteiger charge is -2.25. The van der Waals surface area contributed by atoms with Crippen LogP contribution in [0.2, 0.25) is 0 Å². The average molecular weight is 1170 g/mol. The van der Waals surface area contributed by atoms with Crippen molar-refractivity contribution in [1.29, 1.82) is 0 Å². The van der Waals surface area contributed by atoms with Crippen LogP contribution in [-0.4, -0.2) is 143 Å². The zero-order chi connectivity index (χ0) is 55.8. The van der Waals surface area contributed by atoms with Crippen LogP contribution >= 0.6 is 31.3 Å². The number of aromatic nitrogens is 8. The molecule has 4 aromatic rings. The van der Waals surface area contributed by atoms with E-state index in [2.05, 4.69) is 24.5 Å². The largest absolute Gasteiger partial charge is 0.472 e. The standard InChI is InChI=1S/C36H50N12O25P4/c37-25-1-5-45(33(50)41-25)29-9-17(49)21(67-29)13-64-75(57,58)72-19-11-31(47-7-3-27(39)43-35(47)52)69-23(19)15-66-77(61,62)73-20-12-32(48-8-4-28(40)44-36(48)53)70-24(20)16-65-76(59,60)71-18-10-30(46-6-2-26(38)42-34(46)51)68-22(18)14-63-74(54,55)56/h1-8,17-24,29-32,49H,9-16H2,(H,57,58)(H,59,60)(H,61,62)(H2,37,41,50)(H2,38,42,51)(H2,39,43,52)(H2,40,44,53)(H2,54,55,56)/t17-,18-,19-,20-,21+,22+,23+,24+,29+,30+,31+,32+/m0/s1. The predicted molar refractivity (Wildman–Crippen MR) is 252 cm³/mol. The lowest BCUT2D eigenvalue weighted by molar-refractivity contribution is -0.0638. The Balaban J connectivity index is 0.951. The third kappa shape index (κ3) is 15.0. The summed E-state index contributed by atoms with van der Waals surface area (Å²) in [5, 5.41) is 10.6. The molecule has 4 aliphatic rings. The van der Waals surface area contributed by atoms with Crippen molar-refractivity contribution in [3.8, 4) is 0 Å². The summed E-state index contributed by atoms with van der Waals surface area (Å²) >= 11 is 0. The second-order valence-electron chi connectivity index (χ2n) is 17.2. The summed E-state index contributed by atoms with van der Waals surface area (Å²) in [6, 6.07) is 4.98.